The summed E-state index contributed by atoms with van der Waals surface area (Å²) in [5.41, 5.74) is 6.47. The molecule has 2 aromatic rings. The lowest BCUT2D eigenvalue weighted by molar-refractivity contribution is 0.0417. The molecule has 2 heterocycles. The number of nitrogens with zero attached hydrogens (tertiary/aromatic N) is 4. The summed E-state index contributed by atoms with van der Waals surface area (Å²) in [6.45, 7) is 0.419. The van der Waals surface area contributed by atoms with Crippen molar-refractivity contribution in [1.29, 1.82) is 0 Å². The van der Waals surface area contributed by atoms with Gasteiger partial charge >= 0.3 is 7.60 Å². The monoisotopic (exact) mass is 354 g/mol. The Balaban J connectivity index is 1.58. The largest absolute Gasteiger partial charge is 0.368 e. The molecule has 0 radical (unpaired) electrons. The smallest absolute Gasteiger partial charge is 0.351 e. The van der Waals surface area contributed by atoms with E-state index in [4.69, 9.17) is 20.3 Å². The van der Waals surface area contributed by atoms with E-state index in [1.165, 1.54) is 0 Å². The summed E-state index contributed by atoms with van der Waals surface area (Å²) in [5, 5.41) is 3.30. The normalized spacial score (nSPS) is 19.6. The number of anilines is 2. The van der Waals surface area contributed by atoms with Crippen molar-refractivity contribution in [3.8, 4) is 0 Å². The molecule has 2 aliphatic carbocycles. The molecule has 0 saturated heterocycles. The van der Waals surface area contributed by atoms with Gasteiger partial charge in [0.05, 0.1) is 18.5 Å². The predicted molar refractivity (Wildman–Crippen MR) is 86.3 cm³/mol. The Hall–Kier alpha value is -1.74. The van der Waals surface area contributed by atoms with E-state index in [2.05, 4.69) is 20.3 Å². The molecule has 0 amide bonds. The fourth-order valence-electron chi connectivity index (χ4n) is 2.62. The molecule has 130 valence electrons. The lowest BCUT2D eigenvalue weighted by Gasteiger charge is -2.18. The van der Waals surface area contributed by atoms with Crippen LogP contribution in [0, 0.1) is 0 Å². The minimum Gasteiger partial charge on any atom is -0.368 e. The topological polar surface area (TPSA) is 148 Å². The Bertz CT molecular complexity index is 825. The molecule has 0 aliphatic heterocycles. The van der Waals surface area contributed by atoms with Gasteiger partial charge in [0.1, 0.15) is 6.35 Å². The first-order valence-electron chi connectivity index (χ1n) is 7.77. The maximum atomic E-state index is 11.0. The Kier molecular flexibility index (Phi) is 3.54. The molecule has 4 rings (SSSR count). The summed E-state index contributed by atoms with van der Waals surface area (Å²) >= 11 is 0. The molecule has 11 heteroatoms. The van der Waals surface area contributed by atoms with Crippen molar-refractivity contribution in [2.45, 2.75) is 43.9 Å². The number of fused-ring (bicyclic) bond motifs is 1. The highest BCUT2D eigenvalue weighted by Gasteiger charge is 2.46. The SMILES string of the molecule is Nc1nc(NC2CC2)c2ncn(CC3(OCP(=O)(O)O)CC3)c2n1. The Morgan fingerprint density at radius 1 is 1.42 bits per heavy atom. The fraction of sp³-hybridized carbons (Fsp3) is 0.615. The van der Waals surface area contributed by atoms with Gasteiger partial charge in [-0.25, -0.2) is 4.98 Å². The highest BCUT2D eigenvalue weighted by Crippen LogP contribution is 2.46. The summed E-state index contributed by atoms with van der Waals surface area (Å²) in [7, 11) is -4.19. The quantitative estimate of drug-likeness (QED) is 0.526. The van der Waals surface area contributed by atoms with E-state index < -0.39 is 19.5 Å². The molecule has 5 N–H and O–H groups in total. The van der Waals surface area contributed by atoms with Crippen LogP contribution in [-0.4, -0.2) is 47.3 Å². The third-order valence-corrected chi connectivity index (χ3v) is 4.67. The Labute approximate surface area is 137 Å². The molecule has 2 saturated carbocycles. The van der Waals surface area contributed by atoms with Crippen molar-refractivity contribution in [2.75, 3.05) is 17.4 Å². The van der Waals surface area contributed by atoms with E-state index in [9.17, 15) is 4.57 Å². The summed E-state index contributed by atoms with van der Waals surface area (Å²) < 4.78 is 18.3. The lowest BCUT2D eigenvalue weighted by Crippen LogP contribution is -2.22. The Morgan fingerprint density at radius 2 is 2.17 bits per heavy atom. The Morgan fingerprint density at radius 3 is 2.79 bits per heavy atom. The number of nitrogen functional groups attached to an aromatic ring is 1. The third-order valence-electron chi connectivity index (χ3n) is 4.20. The third kappa shape index (κ3) is 3.36. The van der Waals surface area contributed by atoms with E-state index in [0.29, 0.717) is 29.6 Å². The van der Waals surface area contributed by atoms with Crippen LogP contribution in [0.15, 0.2) is 6.33 Å². The molecular weight excluding hydrogens is 335 g/mol. The van der Waals surface area contributed by atoms with Gasteiger partial charge < -0.3 is 30.1 Å². The van der Waals surface area contributed by atoms with Crippen LogP contribution >= 0.6 is 7.60 Å². The van der Waals surface area contributed by atoms with Crippen LogP contribution in [0.4, 0.5) is 11.8 Å². The number of hydrogen-bond acceptors (Lipinski definition) is 7. The highest BCUT2D eigenvalue weighted by atomic mass is 31.2. The van der Waals surface area contributed by atoms with Crippen LogP contribution in [-0.2, 0) is 15.8 Å². The number of imidazole rings is 1. The van der Waals surface area contributed by atoms with E-state index in [0.717, 1.165) is 25.7 Å². The van der Waals surface area contributed by atoms with Crippen LogP contribution in [0.25, 0.3) is 11.2 Å². The summed E-state index contributed by atoms with van der Waals surface area (Å²) in [4.78, 5) is 30.8. The molecule has 24 heavy (non-hydrogen) atoms. The zero-order valence-electron chi connectivity index (χ0n) is 12.9. The number of nitrogens with two attached hydrogens (primary N) is 1. The number of aromatic nitrogens is 4. The molecule has 0 spiro atoms. The molecule has 2 fully saturated rings. The van der Waals surface area contributed by atoms with Gasteiger partial charge in [0.2, 0.25) is 5.95 Å². The maximum Gasteiger partial charge on any atom is 0.351 e. The number of nitrogens with one attached hydrogen (secondary N) is 1. The summed E-state index contributed by atoms with van der Waals surface area (Å²) in [6.07, 6.45) is 4.74. The number of hydrogen-bond donors (Lipinski definition) is 4. The zero-order chi connectivity index (χ0) is 16.9. The predicted octanol–water partition coefficient (Wildman–Crippen LogP) is 0.667. The molecule has 10 nitrogen and oxygen atoms in total. The number of rotatable bonds is 7. The maximum absolute atomic E-state index is 11.0. The first-order chi connectivity index (χ1) is 11.3. The molecule has 0 unspecified atom stereocenters. The first-order valence-corrected chi connectivity index (χ1v) is 9.57. The molecule has 0 bridgehead atoms. The van der Waals surface area contributed by atoms with E-state index in [1.807, 2.05) is 0 Å². The summed E-state index contributed by atoms with van der Waals surface area (Å²) in [6, 6.07) is 0.411. The standard InChI is InChI=1S/C13H19N6O4P/c14-12-17-10(16-8-1-2-8)9-11(18-12)19(6-15-9)5-13(3-4-13)23-7-24(20,21)22/h6,8H,1-5,7H2,(H2,20,21,22)(H3,14,16,17,18). The second kappa shape index (κ2) is 5.38. The molecule has 0 atom stereocenters. The van der Waals surface area contributed by atoms with Crippen molar-refractivity contribution in [3.63, 3.8) is 0 Å². The minimum atomic E-state index is -4.19. The van der Waals surface area contributed by atoms with Crippen LogP contribution in [0.5, 0.6) is 0 Å². The fourth-order valence-corrected chi connectivity index (χ4v) is 3.06. The van der Waals surface area contributed by atoms with Crippen LogP contribution < -0.4 is 11.1 Å². The molecular formula is C13H19N6O4P. The zero-order valence-corrected chi connectivity index (χ0v) is 13.8. The second-order valence-corrected chi connectivity index (χ2v) is 8.10. The van der Waals surface area contributed by atoms with Gasteiger partial charge in [0.15, 0.2) is 17.0 Å². The highest BCUT2D eigenvalue weighted by molar-refractivity contribution is 7.51. The van der Waals surface area contributed by atoms with Crippen molar-refractivity contribution >= 4 is 30.5 Å². The van der Waals surface area contributed by atoms with Gasteiger partial charge in [-0.2, -0.15) is 9.97 Å². The van der Waals surface area contributed by atoms with Crippen LogP contribution in [0.3, 0.4) is 0 Å². The van der Waals surface area contributed by atoms with Crippen LogP contribution in [0.1, 0.15) is 25.7 Å². The van der Waals surface area contributed by atoms with Crippen molar-refractivity contribution < 1.29 is 19.1 Å². The molecule has 2 aromatic heterocycles. The van der Waals surface area contributed by atoms with Crippen molar-refractivity contribution in [3.05, 3.63) is 6.33 Å². The van der Waals surface area contributed by atoms with Gasteiger partial charge in [-0.3, -0.25) is 4.57 Å². The average molecular weight is 354 g/mol. The average Bonchev–Trinajstić information content (AvgIpc) is 3.39. The van der Waals surface area contributed by atoms with Crippen LogP contribution in [0.2, 0.25) is 0 Å². The van der Waals surface area contributed by atoms with Gasteiger partial charge in [0.25, 0.3) is 0 Å². The summed E-state index contributed by atoms with van der Waals surface area (Å²) in [5.74, 6) is 0.785. The second-order valence-electron chi connectivity index (χ2n) is 6.51. The van der Waals surface area contributed by atoms with Gasteiger partial charge in [-0.05, 0) is 25.7 Å². The first kappa shape index (κ1) is 15.8. The van der Waals surface area contributed by atoms with E-state index in [-0.39, 0.29) is 5.95 Å². The van der Waals surface area contributed by atoms with E-state index >= 15 is 0 Å². The van der Waals surface area contributed by atoms with Crippen molar-refractivity contribution in [1.82, 2.24) is 19.5 Å². The molecule has 0 aromatic carbocycles. The van der Waals surface area contributed by atoms with E-state index in [1.54, 1.807) is 10.9 Å². The number of ether oxygens (including phenoxy) is 1. The van der Waals surface area contributed by atoms with Gasteiger partial charge in [-0.15, -0.1) is 0 Å². The minimum absolute atomic E-state index is 0.161. The lowest BCUT2D eigenvalue weighted by atomic mass is 10.3. The van der Waals surface area contributed by atoms with Gasteiger partial charge in [0, 0.05) is 6.04 Å². The van der Waals surface area contributed by atoms with Crippen molar-refractivity contribution in [2.24, 2.45) is 0 Å². The molecule has 2 aliphatic rings. The van der Waals surface area contributed by atoms with Gasteiger partial charge in [-0.1, -0.05) is 0 Å².